The van der Waals surface area contributed by atoms with Crippen LogP contribution >= 0.6 is 0 Å². The molecule has 164 valence electrons. The van der Waals surface area contributed by atoms with Crippen molar-refractivity contribution in [2.45, 2.75) is 16.9 Å². The van der Waals surface area contributed by atoms with E-state index < -0.39 is 34.3 Å². The third kappa shape index (κ3) is 4.11. The number of carbonyl (C=O) groups is 2. The van der Waals surface area contributed by atoms with Gasteiger partial charge in [0, 0.05) is 18.0 Å². The molecule has 1 amide bonds. The highest BCUT2D eigenvalue weighted by Crippen LogP contribution is 2.29. The molecule has 1 atom stereocenters. The van der Waals surface area contributed by atoms with Crippen LogP contribution in [0, 0.1) is 0 Å². The summed E-state index contributed by atoms with van der Waals surface area (Å²) in [6, 6.07) is 14.4. The summed E-state index contributed by atoms with van der Waals surface area (Å²) in [5.74, 6) is -1.02. The molecule has 31 heavy (non-hydrogen) atoms. The Hall–Kier alpha value is -3.40. The number of benzene rings is 2. The summed E-state index contributed by atoms with van der Waals surface area (Å²) >= 11 is 0. The van der Waals surface area contributed by atoms with Gasteiger partial charge in [-0.25, -0.2) is 26.4 Å². The van der Waals surface area contributed by atoms with E-state index in [2.05, 4.69) is 10.1 Å². The van der Waals surface area contributed by atoms with E-state index in [0.717, 1.165) is 18.2 Å². The van der Waals surface area contributed by atoms with Gasteiger partial charge in [0.2, 0.25) is 0 Å². The first-order valence-electron chi connectivity index (χ1n) is 9.19. The second-order valence-corrected chi connectivity index (χ2v) is 8.60. The maximum atomic E-state index is 14.1. The molecule has 0 spiro atoms. The summed E-state index contributed by atoms with van der Waals surface area (Å²) < 4.78 is 50.9. The zero-order valence-electron chi connectivity index (χ0n) is 16.9. The Morgan fingerprint density at radius 3 is 2.29 bits per heavy atom. The minimum Gasteiger partial charge on any atom is -0.467 e. The minimum absolute atomic E-state index is 0.0692. The molecule has 10 heteroatoms. The van der Waals surface area contributed by atoms with Gasteiger partial charge in [0.15, 0.2) is 5.54 Å². The normalized spacial score (nSPS) is 13.4. The molecule has 0 radical (unpaired) electrons. The highest BCUT2D eigenvalue weighted by molar-refractivity contribution is 7.90. The number of rotatable bonds is 7. The van der Waals surface area contributed by atoms with E-state index in [1.165, 1.54) is 18.3 Å². The molecule has 0 saturated heterocycles. The molecule has 0 aliphatic carbocycles. The fraction of sp³-hybridized carbons (Fsp3) is 0.238. The molecule has 0 unspecified atom stereocenters. The van der Waals surface area contributed by atoms with Crippen LogP contribution in [0.2, 0.25) is 0 Å². The predicted molar refractivity (Wildman–Crippen MR) is 111 cm³/mol. The highest BCUT2D eigenvalue weighted by Gasteiger charge is 2.43. The van der Waals surface area contributed by atoms with Gasteiger partial charge < -0.3 is 14.8 Å². The van der Waals surface area contributed by atoms with Gasteiger partial charge in [-0.3, -0.25) is 0 Å². The van der Waals surface area contributed by atoms with Crippen LogP contribution in [0.1, 0.15) is 5.56 Å². The molecular weight excluding hydrogens is 427 g/mol. The maximum Gasteiger partial charge on any atom is 0.407 e. The first kappa shape index (κ1) is 22.3. The van der Waals surface area contributed by atoms with Crippen molar-refractivity contribution >= 4 is 33.0 Å². The van der Waals surface area contributed by atoms with Crippen LogP contribution in [0.25, 0.3) is 10.9 Å². The van der Waals surface area contributed by atoms with E-state index in [1.807, 2.05) is 0 Å². The van der Waals surface area contributed by atoms with E-state index in [1.54, 1.807) is 42.5 Å². The molecule has 2 aromatic carbocycles. The Morgan fingerprint density at radius 2 is 1.68 bits per heavy atom. The first-order valence-corrected chi connectivity index (χ1v) is 10.6. The van der Waals surface area contributed by atoms with Gasteiger partial charge in [-0.2, -0.15) is 0 Å². The van der Waals surface area contributed by atoms with Crippen molar-refractivity contribution in [3.05, 3.63) is 66.4 Å². The number of alkyl halides is 1. The van der Waals surface area contributed by atoms with Gasteiger partial charge in [0.05, 0.1) is 24.6 Å². The third-order valence-electron chi connectivity index (χ3n) is 4.88. The maximum absolute atomic E-state index is 14.1. The van der Waals surface area contributed by atoms with Crippen molar-refractivity contribution in [2.24, 2.45) is 0 Å². The molecule has 0 fully saturated rings. The first-order chi connectivity index (χ1) is 14.8. The van der Waals surface area contributed by atoms with Crippen molar-refractivity contribution in [1.82, 2.24) is 9.29 Å². The van der Waals surface area contributed by atoms with Crippen LogP contribution in [-0.2, 0) is 30.7 Å². The number of carbonyl (C=O) groups excluding carboxylic acids is 2. The Morgan fingerprint density at radius 1 is 1.03 bits per heavy atom. The van der Waals surface area contributed by atoms with E-state index >= 15 is 0 Å². The Balaban J connectivity index is 2.17. The number of nitrogens with one attached hydrogen (secondary N) is 1. The topological polar surface area (TPSA) is 104 Å². The van der Waals surface area contributed by atoms with Crippen molar-refractivity contribution in [3.8, 4) is 0 Å². The average Bonchev–Trinajstić information content (AvgIpc) is 3.17. The summed E-state index contributed by atoms with van der Waals surface area (Å²) in [7, 11) is -1.82. The van der Waals surface area contributed by atoms with Crippen molar-refractivity contribution in [1.29, 1.82) is 0 Å². The predicted octanol–water partition coefficient (Wildman–Crippen LogP) is 2.66. The number of esters is 1. The molecular formula is C21H21FN2O6S. The highest BCUT2D eigenvalue weighted by atomic mass is 32.2. The minimum atomic E-state index is -3.97. The van der Waals surface area contributed by atoms with Gasteiger partial charge >= 0.3 is 12.1 Å². The van der Waals surface area contributed by atoms with Gasteiger partial charge in [-0.05, 0) is 23.8 Å². The van der Waals surface area contributed by atoms with Crippen molar-refractivity contribution < 1.29 is 31.9 Å². The van der Waals surface area contributed by atoms with Crippen molar-refractivity contribution in [3.63, 3.8) is 0 Å². The van der Waals surface area contributed by atoms with E-state index in [-0.39, 0.29) is 11.3 Å². The summed E-state index contributed by atoms with van der Waals surface area (Å²) in [4.78, 5) is 24.3. The van der Waals surface area contributed by atoms with Crippen molar-refractivity contribution in [2.75, 3.05) is 20.9 Å². The lowest BCUT2D eigenvalue weighted by atomic mass is 9.92. The van der Waals surface area contributed by atoms with Gasteiger partial charge in [0.25, 0.3) is 10.0 Å². The molecule has 0 bridgehead atoms. The number of halogens is 1. The standard InChI is InChI=1S/C21H21FN2O6S/c1-29-19(25)21(14-22,23-20(26)30-2)12-15-13-24(18-11-7-6-10-17(15)18)31(27,28)16-8-4-3-5-9-16/h3-11,13H,12,14H2,1-2H3,(H,23,26)/t21-/m0/s1. The second kappa shape index (κ2) is 8.76. The van der Waals surface area contributed by atoms with Crippen LogP contribution in [0.15, 0.2) is 65.7 Å². The number of alkyl carbamates (subject to hydrolysis) is 1. The fourth-order valence-electron chi connectivity index (χ4n) is 3.33. The zero-order chi connectivity index (χ0) is 22.6. The summed E-state index contributed by atoms with van der Waals surface area (Å²) in [6.45, 7) is -1.29. The SMILES string of the molecule is COC(=O)N[C@](CF)(Cc1cn(S(=O)(=O)c2ccccc2)c2ccccc12)C(=O)OC. The molecule has 0 aliphatic rings. The van der Waals surface area contributed by atoms with E-state index in [4.69, 9.17) is 4.74 Å². The fourth-order valence-corrected chi connectivity index (χ4v) is 4.75. The number of nitrogens with zero attached hydrogens (tertiary/aromatic N) is 1. The number of methoxy groups -OCH3 is 2. The molecule has 1 heterocycles. The molecule has 8 nitrogen and oxygen atoms in total. The number of aromatic nitrogens is 1. The number of hydrogen-bond acceptors (Lipinski definition) is 6. The quantitative estimate of drug-likeness (QED) is 0.558. The van der Waals surface area contributed by atoms with Gasteiger partial charge in [0.1, 0.15) is 6.67 Å². The van der Waals surface area contributed by atoms with Crippen LogP contribution < -0.4 is 5.32 Å². The smallest absolute Gasteiger partial charge is 0.407 e. The molecule has 1 N–H and O–H groups in total. The molecule has 3 rings (SSSR count). The zero-order valence-corrected chi connectivity index (χ0v) is 17.7. The number of hydrogen-bond donors (Lipinski definition) is 1. The van der Waals surface area contributed by atoms with Crippen LogP contribution in [0.3, 0.4) is 0 Å². The number of amides is 1. The summed E-state index contributed by atoms with van der Waals surface area (Å²) in [5.41, 5.74) is -1.42. The molecule has 0 aliphatic heterocycles. The average molecular weight is 448 g/mol. The summed E-state index contributed by atoms with van der Waals surface area (Å²) in [6.07, 6.45) is -0.0636. The van der Waals surface area contributed by atoms with Gasteiger partial charge in [-0.15, -0.1) is 0 Å². The third-order valence-corrected chi connectivity index (χ3v) is 6.57. The van der Waals surface area contributed by atoms with E-state index in [0.29, 0.717) is 16.5 Å². The van der Waals surface area contributed by atoms with E-state index in [9.17, 15) is 22.4 Å². The molecule has 3 aromatic rings. The lowest BCUT2D eigenvalue weighted by Gasteiger charge is -2.28. The van der Waals surface area contributed by atoms with Crippen LogP contribution in [-0.4, -0.2) is 50.9 Å². The summed E-state index contributed by atoms with van der Waals surface area (Å²) in [5, 5.41) is 2.69. The van der Waals surface area contributed by atoms with Gasteiger partial charge in [-0.1, -0.05) is 36.4 Å². The number of ether oxygens (including phenoxy) is 2. The Labute approximate surface area is 178 Å². The Bertz CT molecular complexity index is 1210. The van der Waals surface area contributed by atoms with Crippen LogP contribution in [0.4, 0.5) is 9.18 Å². The lowest BCUT2D eigenvalue weighted by molar-refractivity contribution is -0.149. The monoisotopic (exact) mass is 448 g/mol. The largest absolute Gasteiger partial charge is 0.467 e. The Kier molecular flexibility index (Phi) is 6.30. The number of para-hydroxylation sites is 1. The molecule has 0 saturated carbocycles. The van der Waals surface area contributed by atoms with Crippen LogP contribution in [0.5, 0.6) is 0 Å². The number of fused-ring (bicyclic) bond motifs is 1. The second-order valence-electron chi connectivity index (χ2n) is 6.79. The molecule has 1 aromatic heterocycles. The lowest BCUT2D eigenvalue weighted by Crippen LogP contribution is -2.58.